The number of carboxylic acids is 1. The molecular weight excluding hydrogens is 276 g/mol. The summed E-state index contributed by atoms with van der Waals surface area (Å²) < 4.78 is 4.46. The lowest BCUT2D eigenvalue weighted by molar-refractivity contribution is -0.151. The van der Waals surface area contributed by atoms with Gasteiger partial charge in [-0.1, -0.05) is 6.42 Å². The van der Waals surface area contributed by atoms with Gasteiger partial charge in [-0.2, -0.15) is 0 Å². The molecule has 0 amide bonds. The molecule has 1 heterocycles. The number of hydrogen-bond acceptors (Lipinski definition) is 6. The van der Waals surface area contributed by atoms with E-state index in [0.29, 0.717) is 24.1 Å². The van der Waals surface area contributed by atoms with E-state index in [2.05, 4.69) is 4.74 Å². The molecule has 7 nitrogen and oxygen atoms in total. The number of aliphatic carboxylic acids is 1. The summed E-state index contributed by atoms with van der Waals surface area (Å²) in [7, 11) is 0. The Balaban J connectivity index is 0.000000212. The van der Waals surface area contributed by atoms with Crippen molar-refractivity contribution in [2.45, 2.75) is 51.0 Å². The maximum absolute atomic E-state index is 10.9. The lowest BCUT2D eigenvalue weighted by Crippen LogP contribution is -2.29. The minimum absolute atomic E-state index is 0.412. The van der Waals surface area contributed by atoms with Crippen LogP contribution in [0, 0.1) is 0 Å². The van der Waals surface area contributed by atoms with Crippen molar-refractivity contribution in [1.82, 2.24) is 0 Å². The van der Waals surface area contributed by atoms with Gasteiger partial charge < -0.3 is 21.3 Å². The van der Waals surface area contributed by atoms with Crippen LogP contribution >= 0.6 is 0 Å². The lowest BCUT2D eigenvalue weighted by atomic mass is 9.93. The lowest BCUT2D eigenvalue weighted by Gasteiger charge is -2.07. The first kappa shape index (κ1) is 17.3. The summed E-state index contributed by atoms with van der Waals surface area (Å²) >= 11 is 0. The monoisotopic (exact) mass is 298 g/mol. The van der Waals surface area contributed by atoms with Crippen LogP contribution in [-0.4, -0.2) is 35.6 Å². The van der Waals surface area contributed by atoms with Crippen LogP contribution in [0.5, 0.6) is 0 Å². The molecular formula is C14H22N2O5. The van der Waals surface area contributed by atoms with Gasteiger partial charge in [-0.3, -0.25) is 4.79 Å². The van der Waals surface area contributed by atoms with Crippen LogP contribution in [-0.2, 0) is 19.1 Å². The Hall–Kier alpha value is -1.73. The maximum atomic E-state index is 10.9. The summed E-state index contributed by atoms with van der Waals surface area (Å²) in [5, 5.41) is 8.33. The first-order valence-electron chi connectivity index (χ1n) is 7.14. The molecule has 7 heteroatoms. The van der Waals surface area contributed by atoms with Crippen LogP contribution < -0.4 is 11.5 Å². The van der Waals surface area contributed by atoms with Crippen molar-refractivity contribution in [3.63, 3.8) is 0 Å². The third-order valence-electron chi connectivity index (χ3n) is 3.43. The van der Waals surface area contributed by atoms with Gasteiger partial charge >= 0.3 is 17.9 Å². The minimum Gasteiger partial charge on any atom is -0.480 e. The number of unbranched alkanes of at least 4 members (excludes halogenated alkanes) is 1. The Morgan fingerprint density at radius 2 is 1.67 bits per heavy atom. The van der Waals surface area contributed by atoms with Crippen molar-refractivity contribution in [3.8, 4) is 0 Å². The SMILES string of the molecule is NCCCCC(N)C(=O)O.O=C1OC(=O)C2=C1CCCC2. The molecule has 1 unspecified atom stereocenters. The Bertz CT molecular complexity index is 419. The number of esters is 2. The molecule has 1 atom stereocenters. The summed E-state index contributed by atoms with van der Waals surface area (Å²) in [5.41, 5.74) is 11.7. The van der Waals surface area contributed by atoms with Crippen molar-refractivity contribution in [2.24, 2.45) is 11.5 Å². The van der Waals surface area contributed by atoms with Crippen molar-refractivity contribution in [3.05, 3.63) is 11.1 Å². The van der Waals surface area contributed by atoms with Crippen molar-refractivity contribution in [2.75, 3.05) is 6.54 Å². The Morgan fingerprint density at radius 3 is 2.10 bits per heavy atom. The minimum atomic E-state index is -0.933. The van der Waals surface area contributed by atoms with E-state index in [9.17, 15) is 14.4 Å². The molecule has 2 rings (SSSR count). The third-order valence-corrected chi connectivity index (χ3v) is 3.43. The molecule has 0 radical (unpaired) electrons. The summed E-state index contributed by atoms with van der Waals surface area (Å²) in [6, 6.07) is -0.716. The number of hydrogen-bond donors (Lipinski definition) is 3. The van der Waals surface area contributed by atoms with Gasteiger partial charge in [0.1, 0.15) is 6.04 Å². The number of ether oxygens (including phenoxy) is 1. The Kier molecular flexibility index (Phi) is 7.04. The summed E-state index contributed by atoms with van der Waals surface area (Å²) in [6.07, 6.45) is 5.61. The molecule has 0 saturated carbocycles. The number of carboxylic acid groups (broad SMARTS) is 1. The first-order valence-corrected chi connectivity index (χ1v) is 7.14. The second-order valence-electron chi connectivity index (χ2n) is 5.07. The number of carbonyl (C=O) groups excluding carboxylic acids is 2. The van der Waals surface area contributed by atoms with Gasteiger partial charge in [0.2, 0.25) is 0 Å². The fraction of sp³-hybridized carbons (Fsp3) is 0.643. The zero-order valence-corrected chi connectivity index (χ0v) is 12.0. The first-order chi connectivity index (χ1) is 9.97. The number of carbonyl (C=O) groups is 3. The zero-order chi connectivity index (χ0) is 15.8. The normalized spacial score (nSPS) is 18.6. The van der Waals surface area contributed by atoms with E-state index in [1.807, 2.05) is 0 Å². The predicted octanol–water partition coefficient (Wildman–Crippen LogP) is 0.468. The standard InChI is InChI=1S/C8H8O3.C6H14N2O2/c9-7-5-3-1-2-4-6(5)8(10)11-7;7-4-2-1-3-5(8)6(9)10/h1-4H2;5H,1-4,7-8H2,(H,9,10). The molecule has 2 aliphatic rings. The van der Waals surface area contributed by atoms with Crippen LogP contribution in [0.15, 0.2) is 11.1 Å². The molecule has 0 aromatic rings. The van der Waals surface area contributed by atoms with E-state index in [1.165, 1.54) is 0 Å². The second-order valence-corrected chi connectivity index (χ2v) is 5.07. The van der Waals surface area contributed by atoms with E-state index in [-0.39, 0.29) is 0 Å². The van der Waals surface area contributed by atoms with Crippen molar-refractivity contribution in [1.29, 1.82) is 0 Å². The third kappa shape index (κ3) is 5.28. The van der Waals surface area contributed by atoms with Crippen molar-refractivity contribution < 1.29 is 24.2 Å². The summed E-state index contributed by atoms with van der Waals surface area (Å²) in [5.74, 6) is -1.76. The van der Waals surface area contributed by atoms with Gasteiger partial charge in [0.05, 0.1) is 0 Å². The predicted molar refractivity (Wildman–Crippen MR) is 75.1 cm³/mol. The van der Waals surface area contributed by atoms with Gasteiger partial charge in [-0.25, -0.2) is 9.59 Å². The maximum Gasteiger partial charge on any atom is 0.342 e. The molecule has 21 heavy (non-hydrogen) atoms. The highest BCUT2D eigenvalue weighted by atomic mass is 16.6. The smallest absolute Gasteiger partial charge is 0.342 e. The van der Waals surface area contributed by atoms with Gasteiger partial charge in [0, 0.05) is 11.1 Å². The highest BCUT2D eigenvalue weighted by Crippen LogP contribution is 2.30. The molecule has 5 N–H and O–H groups in total. The molecule has 0 aromatic carbocycles. The topological polar surface area (TPSA) is 133 Å². The number of nitrogens with two attached hydrogens (primary N) is 2. The molecule has 0 aromatic heterocycles. The van der Waals surface area contributed by atoms with Gasteiger partial charge in [-0.05, 0) is 45.1 Å². The quantitative estimate of drug-likeness (QED) is 0.381. The highest BCUT2D eigenvalue weighted by Gasteiger charge is 2.33. The second kappa shape index (κ2) is 8.53. The highest BCUT2D eigenvalue weighted by molar-refractivity contribution is 6.12. The molecule has 1 aliphatic heterocycles. The van der Waals surface area contributed by atoms with Gasteiger partial charge in [-0.15, -0.1) is 0 Å². The Labute approximate surface area is 123 Å². The molecule has 118 valence electrons. The van der Waals surface area contributed by atoms with Crippen LogP contribution in [0.25, 0.3) is 0 Å². The molecule has 0 fully saturated rings. The van der Waals surface area contributed by atoms with E-state index in [0.717, 1.165) is 38.5 Å². The van der Waals surface area contributed by atoms with E-state index >= 15 is 0 Å². The fourth-order valence-electron chi connectivity index (χ4n) is 2.20. The fourth-order valence-corrected chi connectivity index (χ4v) is 2.20. The zero-order valence-electron chi connectivity index (χ0n) is 12.0. The van der Waals surface area contributed by atoms with Crippen molar-refractivity contribution >= 4 is 17.9 Å². The van der Waals surface area contributed by atoms with E-state index in [1.54, 1.807) is 0 Å². The van der Waals surface area contributed by atoms with E-state index in [4.69, 9.17) is 16.6 Å². The van der Waals surface area contributed by atoms with E-state index < -0.39 is 23.9 Å². The van der Waals surface area contributed by atoms with Crippen LogP contribution in [0.2, 0.25) is 0 Å². The molecule has 1 aliphatic carbocycles. The largest absolute Gasteiger partial charge is 0.480 e. The number of rotatable bonds is 5. The molecule has 0 spiro atoms. The average molecular weight is 298 g/mol. The molecule has 0 bridgehead atoms. The van der Waals surface area contributed by atoms with Gasteiger partial charge in [0.15, 0.2) is 0 Å². The van der Waals surface area contributed by atoms with Gasteiger partial charge in [0.25, 0.3) is 0 Å². The average Bonchev–Trinajstić information content (AvgIpc) is 2.75. The molecule has 0 saturated heterocycles. The van der Waals surface area contributed by atoms with Crippen LogP contribution in [0.1, 0.15) is 44.9 Å². The van der Waals surface area contributed by atoms with Crippen LogP contribution in [0.3, 0.4) is 0 Å². The number of cyclic esters (lactones) is 2. The summed E-state index contributed by atoms with van der Waals surface area (Å²) in [6.45, 7) is 0.604. The summed E-state index contributed by atoms with van der Waals surface area (Å²) in [4.78, 5) is 32.0. The van der Waals surface area contributed by atoms with Crippen LogP contribution in [0.4, 0.5) is 0 Å². The Morgan fingerprint density at radius 1 is 1.14 bits per heavy atom.